The molecule has 0 saturated heterocycles. The van der Waals surface area contributed by atoms with Crippen molar-refractivity contribution in [3.63, 3.8) is 0 Å². The lowest BCUT2D eigenvalue weighted by Crippen LogP contribution is -2.34. The fraction of sp³-hybridized carbons (Fsp3) is 0.667. The molecule has 120 valence electrons. The van der Waals surface area contributed by atoms with E-state index in [2.05, 4.69) is 57.1 Å². The highest BCUT2D eigenvalue weighted by molar-refractivity contribution is 5.39. The summed E-state index contributed by atoms with van der Waals surface area (Å²) in [6, 6.07) is 4.97. The third-order valence-corrected chi connectivity index (χ3v) is 3.92. The third kappa shape index (κ3) is 5.77. The molecule has 0 radical (unpaired) electrons. The van der Waals surface area contributed by atoms with E-state index in [4.69, 9.17) is 4.74 Å². The highest BCUT2D eigenvalue weighted by Gasteiger charge is 2.17. The molecule has 1 atom stereocenters. The predicted octanol–water partition coefficient (Wildman–Crippen LogP) is 3.23. The van der Waals surface area contributed by atoms with Crippen LogP contribution in [0, 0.1) is 20.8 Å². The first-order valence-corrected chi connectivity index (χ1v) is 7.98. The molecule has 0 fully saturated rings. The summed E-state index contributed by atoms with van der Waals surface area (Å²) in [4.78, 5) is 2.39. The van der Waals surface area contributed by atoms with Gasteiger partial charge in [-0.3, -0.25) is 0 Å². The van der Waals surface area contributed by atoms with Crippen molar-refractivity contribution in [2.45, 2.75) is 40.2 Å². The Morgan fingerprint density at radius 1 is 1.19 bits per heavy atom. The number of hydrogen-bond donors (Lipinski definition) is 1. The first-order valence-electron chi connectivity index (χ1n) is 7.98. The molecular weight excluding hydrogens is 260 g/mol. The van der Waals surface area contributed by atoms with Gasteiger partial charge in [-0.2, -0.15) is 0 Å². The highest BCUT2D eigenvalue weighted by Crippen LogP contribution is 2.24. The van der Waals surface area contributed by atoms with E-state index in [9.17, 15) is 0 Å². The lowest BCUT2D eigenvalue weighted by Gasteiger charge is -2.28. The molecule has 1 aromatic carbocycles. The molecule has 0 bridgehead atoms. The van der Waals surface area contributed by atoms with Crippen molar-refractivity contribution in [1.82, 2.24) is 10.2 Å². The molecule has 0 aliphatic carbocycles. The Morgan fingerprint density at radius 2 is 1.81 bits per heavy atom. The number of ether oxygens (including phenoxy) is 1. The molecule has 3 nitrogen and oxygen atoms in total. The van der Waals surface area contributed by atoms with Crippen molar-refractivity contribution in [2.24, 2.45) is 0 Å². The molecule has 0 heterocycles. The molecule has 0 saturated carbocycles. The topological polar surface area (TPSA) is 24.5 Å². The van der Waals surface area contributed by atoms with Crippen LogP contribution in [-0.2, 0) is 4.74 Å². The second kappa shape index (κ2) is 9.19. The largest absolute Gasteiger partial charge is 0.385 e. The quantitative estimate of drug-likeness (QED) is 0.707. The van der Waals surface area contributed by atoms with Gasteiger partial charge in [0.2, 0.25) is 0 Å². The van der Waals surface area contributed by atoms with Crippen molar-refractivity contribution in [2.75, 3.05) is 40.4 Å². The van der Waals surface area contributed by atoms with E-state index in [-0.39, 0.29) is 0 Å². The Hall–Kier alpha value is -0.900. The number of nitrogens with one attached hydrogen (secondary N) is 1. The van der Waals surface area contributed by atoms with E-state index in [1.165, 1.54) is 22.3 Å². The minimum absolute atomic E-state index is 0.392. The summed E-state index contributed by atoms with van der Waals surface area (Å²) in [5, 5.41) is 3.65. The molecule has 1 N–H and O–H groups in total. The standard InChI is InChI=1S/C18H32N2O/c1-7-19-17(13-20(5)9-8-10-21-6)18-15(3)11-14(2)12-16(18)4/h11-12,17,19H,7-10,13H2,1-6H3. The van der Waals surface area contributed by atoms with Crippen molar-refractivity contribution in [3.8, 4) is 0 Å². The van der Waals surface area contributed by atoms with Crippen LogP contribution in [0.4, 0.5) is 0 Å². The second-order valence-electron chi connectivity index (χ2n) is 6.03. The molecule has 1 rings (SSSR count). The van der Waals surface area contributed by atoms with E-state index >= 15 is 0 Å². The van der Waals surface area contributed by atoms with Crippen molar-refractivity contribution >= 4 is 0 Å². The molecular formula is C18H32N2O. The van der Waals surface area contributed by atoms with Gasteiger partial charge in [-0.25, -0.2) is 0 Å². The molecule has 3 heteroatoms. The maximum Gasteiger partial charge on any atom is 0.0474 e. The predicted molar refractivity (Wildman–Crippen MR) is 91.1 cm³/mol. The van der Waals surface area contributed by atoms with Crippen LogP contribution >= 0.6 is 0 Å². The summed E-state index contributed by atoms with van der Waals surface area (Å²) in [6.45, 7) is 12.7. The summed E-state index contributed by atoms with van der Waals surface area (Å²) in [5.41, 5.74) is 5.59. The van der Waals surface area contributed by atoms with Crippen LogP contribution in [0.15, 0.2) is 12.1 Å². The molecule has 0 aliphatic heterocycles. The van der Waals surface area contributed by atoms with E-state index in [1.54, 1.807) is 7.11 Å². The number of benzene rings is 1. The monoisotopic (exact) mass is 292 g/mol. The SMILES string of the molecule is CCNC(CN(C)CCCOC)c1c(C)cc(C)cc1C. The molecule has 0 aliphatic rings. The van der Waals surface area contributed by atoms with Crippen LogP contribution in [0.2, 0.25) is 0 Å². The van der Waals surface area contributed by atoms with Gasteiger partial charge >= 0.3 is 0 Å². The normalized spacial score (nSPS) is 12.9. The Balaban J connectivity index is 2.82. The summed E-state index contributed by atoms with van der Waals surface area (Å²) >= 11 is 0. The first kappa shape index (κ1) is 18.1. The number of nitrogens with zero attached hydrogens (tertiary/aromatic N) is 1. The van der Waals surface area contributed by atoms with Gasteiger partial charge in [-0.05, 0) is 57.5 Å². The molecule has 21 heavy (non-hydrogen) atoms. The Kier molecular flexibility index (Phi) is 7.94. The van der Waals surface area contributed by atoms with E-state index in [0.29, 0.717) is 6.04 Å². The molecule has 1 unspecified atom stereocenters. The molecule has 1 aromatic rings. The van der Waals surface area contributed by atoms with Gasteiger partial charge in [0, 0.05) is 32.8 Å². The van der Waals surface area contributed by atoms with Gasteiger partial charge in [-0.1, -0.05) is 24.6 Å². The lowest BCUT2D eigenvalue weighted by atomic mass is 9.93. The van der Waals surface area contributed by atoms with Crippen LogP contribution < -0.4 is 5.32 Å². The fourth-order valence-corrected chi connectivity index (χ4v) is 3.13. The zero-order valence-corrected chi connectivity index (χ0v) is 14.6. The van der Waals surface area contributed by atoms with Gasteiger partial charge in [0.1, 0.15) is 0 Å². The molecule has 0 spiro atoms. The van der Waals surface area contributed by atoms with Crippen LogP contribution in [0.25, 0.3) is 0 Å². The molecule has 0 aromatic heterocycles. The number of likely N-dealkylation sites (N-methyl/N-ethyl adjacent to an activating group) is 2. The van der Waals surface area contributed by atoms with Gasteiger partial charge < -0.3 is 15.0 Å². The van der Waals surface area contributed by atoms with Crippen LogP contribution in [0.1, 0.15) is 41.6 Å². The van der Waals surface area contributed by atoms with Crippen molar-refractivity contribution < 1.29 is 4.74 Å². The van der Waals surface area contributed by atoms with Gasteiger partial charge in [0.15, 0.2) is 0 Å². The summed E-state index contributed by atoms with van der Waals surface area (Å²) in [5.74, 6) is 0. The van der Waals surface area contributed by atoms with Crippen molar-refractivity contribution in [3.05, 3.63) is 34.4 Å². The highest BCUT2D eigenvalue weighted by atomic mass is 16.5. The van der Waals surface area contributed by atoms with Crippen LogP contribution in [-0.4, -0.2) is 45.3 Å². The zero-order valence-electron chi connectivity index (χ0n) is 14.6. The molecule has 0 amide bonds. The van der Waals surface area contributed by atoms with Gasteiger partial charge in [0.25, 0.3) is 0 Å². The number of rotatable bonds is 9. The third-order valence-electron chi connectivity index (χ3n) is 3.92. The van der Waals surface area contributed by atoms with Gasteiger partial charge in [0.05, 0.1) is 0 Å². The fourth-order valence-electron chi connectivity index (χ4n) is 3.13. The van der Waals surface area contributed by atoms with Gasteiger partial charge in [-0.15, -0.1) is 0 Å². The van der Waals surface area contributed by atoms with Crippen LogP contribution in [0.3, 0.4) is 0 Å². The maximum atomic E-state index is 5.14. The summed E-state index contributed by atoms with van der Waals surface area (Å²) in [7, 11) is 3.96. The smallest absolute Gasteiger partial charge is 0.0474 e. The first-order chi connectivity index (χ1) is 9.99. The second-order valence-corrected chi connectivity index (χ2v) is 6.03. The number of hydrogen-bond acceptors (Lipinski definition) is 3. The Morgan fingerprint density at radius 3 is 2.33 bits per heavy atom. The average Bonchev–Trinajstić information content (AvgIpc) is 2.38. The minimum Gasteiger partial charge on any atom is -0.385 e. The van der Waals surface area contributed by atoms with Crippen LogP contribution in [0.5, 0.6) is 0 Å². The van der Waals surface area contributed by atoms with E-state index in [0.717, 1.165) is 32.7 Å². The minimum atomic E-state index is 0.392. The number of methoxy groups -OCH3 is 1. The number of aryl methyl sites for hydroxylation is 3. The van der Waals surface area contributed by atoms with E-state index < -0.39 is 0 Å². The summed E-state index contributed by atoms with van der Waals surface area (Å²) < 4.78 is 5.14. The summed E-state index contributed by atoms with van der Waals surface area (Å²) in [6.07, 6.45) is 1.08. The van der Waals surface area contributed by atoms with Crippen molar-refractivity contribution in [1.29, 1.82) is 0 Å². The van der Waals surface area contributed by atoms with E-state index in [1.807, 2.05) is 0 Å². The maximum absolute atomic E-state index is 5.14. The Bertz CT molecular complexity index is 408. The Labute approximate surface area is 130 Å². The average molecular weight is 292 g/mol. The zero-order chi connectivity index (χ0) is 15.8. The lowest BCUT2D eigenvalue weighted by molar-refractivity contribution is 0.176.